The van der Waals surface area contributed by atoms with Gasteiger partial charge in [0, 0.05) is 17.2 Å². The second kappa shape index (κ2) is 10.3. The van der Waals surface area contributed by atoms with E-state index in [1.165, 1.54) is 10.4 Å². The van der Waals surface area contributed by atoms with E-state index in [1.807, 2.05) is 38.3 Å². The minimum atomic E-state index is -2.74. The van der Waals surface area contributed by atoms with Gasteiger partial charge in [0.05, 0.1) is 19.2 Å². The summed E-state index contributed by atoms with van der Waals surface area (Å²) in [6.45, 7) is 13.3. The smallest absolute Gasteiger partial charge is 0.411 e. The zero-order chi connectivity index (χ0) is 26.0. The average Bonchev–Trinajstić information content (AvgIpc) is 3.49. The molecule has 0 fully saturated rings. The van der Waals surface area contributed by atoms with Crippen LogP contribution in [0, 0.1) is 0 Å². The predicted octanol–water partition coefficient (Wildman–Crippen LogP) is 5.72. The van der Waals surface area contributed by atoms with Crippen LogP contribution in [0.1, 0.15) is 46.6 Å². The number of aromatic nitrogens is 1. The van der Waals surface area contributed by atoms with Crippen molar-refractivity contribution in [3.63, 3.8) is 0 Å². The van der Waals surface area contributed by atoms with Gasteiger partial charge in [0.2, 0.25) is 0 Å². The number of carbonyl (C=O) groups is 1. The number of carbonyl (C=O) groups excluding carboxylic acids is 1. The van der Waals surface area contributed by atoms with E-state index in [1.54, 1.807) is 22.4 Å². The van der Waals surface area contributed by atoms with Gasteiger partial charge in [0.25, 0.3) is 8.32 Å². The number of rotatable bonds is 6. The van der Waals surface area contributed by atoms with E-state index in [2.05, 4.69) is 80.4 Å². The van der Waals surface area contributed by atoms with Crippen molar-refractivity contribution in [2.24, 2.45) is 0 Å². The monoisotopic (exact) mass is 520 g/mol. The van der Waals surface area contributed by atoms with Gasteiger partial charge in [-0.15, -0.1) is 11.3 Å². The number of thiazole rings is 1. The van der Waals surface area contributed by atoms with E-state index in [4.69, 9.17) is 9.16 Å². The van der Waals surface area contributed by atoms with Gasteiger partial charge in [0.15, 0.2) is 0 Å². The molecule has 0 radical (unpaired) electrons. The summed E-state index contributed by atoms with van der Waals surface area (Å²) in [6.07, 6.45) is 3.59. The van der Waals surface area contributed by atoms with Crippen molar-refractivity contribution >= 4 is 41.7 Å². The molecule has 7 heteroatoms. The Bertz CT molecular complexity index is 1140. The molecule has 5 nitrogen and oxygen atoms in total. The first kappa shape index (κ1) is 26.3. The molecular formula is C29H36N2O3SSi. The minimum Gasteiger partial charge on any atom is -0.444 e. The van der Waals surface area contributed by atoms with Crippen LogP contribution in [0.25, 0.3) is 5.57 Å². The number of benzene rings is 2. The highest BCUT2D eigenvalue weighted by Gasteiger charge is 2.51. The molecule has 2 aromatic carbocycles. The number of nitrogens with zero attached hydrogens (tertiary/aromatic N) is 2. The third-order valence-corrected chi connectivity index (χ3v) is 12.2. The van der Waals surface area contributed by atoms with E-state index in [-0.39, 0.29) is 17.2 Å². The Kier molecular flexibility index (Phi) is 7.55. The molecule has 1 amide bonds. The predicted molar refractivity (Wildman–Crippen MR) is 150 cm³/mol. The van der Waals surface area contributed by atoms with Crippen molar-refractivity contribution in [3.05, 3.63) is 83.3 Å². The molecule has 4 rings (SSSR count). The Morgan fingerprint density at radius 3 is 2.06 bits per heavy atom. The zero-order valence-corrected chi connectivity index (χ0v) is 23.8. The summed E-state index contributed by atoms with van der Waals surface area (Å²) in [5.41, 5.74) is 0.455. The summed E-state index contributed by atoms with van der Waals surface area (Å²) < 4.78 is 12.9. The molecule has 1 unspecified atom stereocenters. The van der Waals surface area contributed by atoms with Crippen molar-refractivity contribution < 1.29 is 14.0 Å². The lowest BCUT2D eigenvalue weighted by Gasteiger charge is -2.44. The Morgan fingerprint density at radius 1 is 1.00 bits per heavy atom. The van der Waals surface area contributed by atoms with Gasteiger partial charge in [-0.05, 0) is 36.2 Å². The first-order chi connectivity index (χ1) is 17.0. The van der Waals surface area contributed by atoms with Gasteiger partial charge in [0.1, 0.15) is 10.6 Å². The molecule has 1 aromatic heterocycles. The van der Waals surface area contributed by atoms with Gasteiger partial charge in [-0.25, -0.2) is 9.78 Å². The van der Waals surface area contributed by atoms with Crippen LogP contribution in [0.15, 0.2) is 78.3 Å². The fraction of sp³-hybridized carbons (Fsp3) is 0.379. The van der Waals surface area contributed by atoms with Crippen LogP contribution in [-0.2, 0) is 9.16 Å². The average molecular weight is 521 g/mol. The van der Waals surface area contributed by atoms with Crippen LogP contribution < -0.4 is 10.4 Å². The molecule has 2 heterocycles. The van der Waals surface area contributed by atoms with Crippen LogP contribution in [0.5, 0.6) is 0 Å². The molecule has 36 heavy (non-hydrogen) atoms. The first-order valence-corrected chi connectivity index (χ1v) is 15.2. The number of amides is 1. The fourth-order valence-corrected chi connectivity index (χ4v) is 10.1. The number of hydrogen-bond donors (Lipinski definition) is 0. The molecule has 1 aliphatic rings. The van der Waals surface area contributed by atoms with Crippen LogP contribution in [0.4, 0.5) is 4.79 Å². The normalized spacial score (nSPS) is 16.7. The second-order valence-electron chi connectivity index (χ2n) is 11.2. The Morgan fingerprint density at radius 2 is 1.58 bits per heavy atom. The summed E-state index contributed by atoms with van der Waals surface area (Å²) in [4.78, 5) is 19.5. The summed E-state index contributed by atoms with van der Waals surface area (Å²) in [5, 5.41) is 5.17. The maximum atomic E-state index is 13.3. The number of hydrogen-bond acceptors (Lipinski definition) is 5. The largest absolute Gasteiger partial charge is 0.444 e. The molecule has 0 bridgehead atoms. The van der Waals surface area contributed by atoms with E-state index >= 15 is 0 Å². The quantitative estimate of drug-likeness (QED) is 0.390. The molecule has 1 aliphatic heterocycles. The minimum absolute atomic E-state index is 0.146. The van der Waals surface area contributed by atoms with Crippen molar-refractivity contribution in [3.8, 4) is 0 Å². The van der Waals surface area contributed by atoms with E-state index in [0.29, 0.717) is 13.2 Å². The number of ether oxygens (including phenoxy) is 1. The topological polar surface area (TPSA) is 51.7 Å². The molecule has 0 saturated carbocycles. The van der Waals surface area contributed by atoms with Crippen LogP contribution in [-0.4, -0.2) is 49.1 Å². The van der Waals surface area contributed by atoms with Crippen molar-refractivity contribution in [1.82, 2.24) is 9.88 Å². The van der Waals surface area contributed by atoms with Crippen LogP contribution >= 0.6 is 11.3 Å². The lowest BCUT2D eigenvalue weighted by Crippen LogP contribution is -2.67. The zero-order valence-electron chi connectivity index (χ0n) is 22.0. The second-order valence-corrected chi connectivity index (χ2v) is 16.4. The maximum absolute atomic E-state index is 13.3. The molecule has 3 aromatic rings. The molecule has 0 spiro atoms. The van der Waals surface area contributed by atoms with Crippen molar-refractivity contribution in [2.45, 2.75) is 58.2 Å². The van der Waals surface area contributed by atoms with Crippen LogP contribution in [0.2, 0.25) is 5.04 Å². The van der Waals surface area contributed by atoms with E-state index in [0.717, 1.165) is 10.6 Å². The first-order valence-electron chi connectivity index (χ1n) is 12.4. The molecule has 0 saturated heterocycles. The van der Waals surface area contributed by atoms with Crippen molar-refractivity contribution in [1.29, 1.82) is 0 Å². The maximum Gasteiger partial charge on any atom is 0.411 e. The van der Waals surface area contributed by atoms with Gasteiger partial charge in [-0.3, -0.25) is 4.90 Å². The molecular weight excluding hydrogens is 484 g/mol. The third kappa shape index (κ3) is 5.48. The van der Waals surface area contributed by atoms with Crippen molar-refractivity contribution in [2.75, 3.05) is 13.2 Å². The van der Waals surface area contributed by atoms with E-state index in [9.17, 15) is 4.79 Å². The van der Waals surface area contributed by atoms with E-state index < -0.39 is 13.9 Å². The van der Waals surface area contributed by atoms with Gasteiger partial charge in [-0.1, -0.05) is 87.5 Å². The summed E-state index contributed by atoms with van der Waals surface area (Å²) in [6, 6.07) is 20.9. The highest BCUT2D eigenvalue weighted by molar-refractivity contribution is 7.10. The van der Waals surface area contributed by atoms with Gasteiger partial charge < -0.3 is 9.16 Å². The summed E-state index contributed by atoms with van der Waals surface area (Å²) >= 11 is 1.58. The SMILES string of the molecule is CC(C)(C)OC(=O)N1CC(c2nccs2)=CC1CO[Si](c1ccccc1)(c1ccccc1)C(C)(C)C. The highest BCUT2D eigenvalue weighted by Crippen LogP contribution is 2.38. The highest BCUT2D eigenvalue weighted by atomic mass is 32.1. The standard InChI is InChI=1S/C29H36N2O3SSi/c1-28(2,3)34-27(32)31-20-22(26-30-17-18-35-26)19-23(31)21-33-36(29(4,5)6,24-13-9-7-10-14-24)25-15-11-8-12-16-25/h7-19,23H,20-21H2,1-6H3. The lowest BCUT2D eigenvalue weighted by atomic mass is 10.2. The summed E-state index contributed by atoms with van der Waals surface area (Å²) in [7, 11) is -2.74. The summed E-state index contributed by atoms with van der Waals surface area (Å²) in [5.74, 6) is 0. The molecule has 0 N–H and O–H groups in total. The Labute approximate surface area is 219 Å². The lowest BCUT2D eigenvalue weighted by molar-refractivity contribution is 0.0207. The molecule has 1 atom stereocenters. The molecule has 190 valence electrons. The Balaban J connectivity index is 1.73. The Hall–Kier alpha value is -2.74. The van der Waals surface area contributed by atoms with Gasteiger partial charge in [-0.2, -0.15) is 0 Å². The van der Waals surface area contributed by atoms with Gasteiger partial charge >= 0.3 is 6.09 Å². The fourth-order valence-electron chi connectivity index (χ4n) is 4.83. The third-order valence-electron chi connectivity index (χ3n) is 6.36. The molecule has 0 aliphatic carbocycles. The van der Waals surface area contributed by atoms with Crippen LogP contribution in [0.3, 0.4) is 0 Å².